The van der Waals surface area contributed by atoms with Gasteiger partial charge in [-0.2, -0.15) is 39.0 Å². The minimum atomic E-state index is -4.84. The molecule has 0 radical (unpaired) electrons. The lowest BCUT2D eigenvalue weighted by Gasteiger charge is -2.21. The van der Waals surface area contributed by atoms with Crippen LogP contribution >= 0.6 is 12.6 Å². The maximum Gasteiger partial charge on any atom is 0.416 e. The number of halogens is 6. The van der Waals surface area contributed by atoms with E-state index in [-0.39, 0.29) is 17.7 Å². The maximum absolute atomic E-state index is 12.7. The molecule has 0 aliphatic rings. The third kappa shape index (κ3) is 4.05. The van der Waals surface area contributed by atoms with E-state index in [4.69, 9.17) is 0 Å². The molecule has 1 rings (SSSR count). The van der Waals surface area contributed by atoms with E-state index >= 15 is 0 Å². The summed E-state index contributed by atoms with van der Waals surface area (Å²) in [6.45, 7) is 1.62. The van der Waals surface area contributed by atoms with Crippen molar-refractivity contribution in [2.24, 2.45) is 0 Å². The first kappa shape index (κ1) is 17.2. The van der Waals surface area contributed by atoms with Crippen LogP contribution in [0.5, 0.6) is 0 Å². The zero-order valence-electron chi connectivity index (χ0n) is 10.6. The van der Waals surface area contributed by atoms with Crippen LogP contribution < -0.4 is 5.32 Å². The highest BCUT2D eigenvalue weighted by atomic mass is 32.1. The first-order chi connectivity index (χ1) is 8.96. The van der Waals surface area contributed by atoms with Crippen molar-refractivity contribution < 1.29 is 26.3 Å². The van der Waals surface area contributed by atoms with Gasteiger partial charge in [0.05, 0.1) is 11.1 Å². The highest BCUT2D eigenvalue weighted by molar-refractivity contribution is 7.80. The van der Waals surface area contributed by atoms with Crippen molar-refractivity contribution in [1.29, 1.82) is 0 Å². The summed E-state index contributed by atoms with van der Waals surface area (Å²) in [5.74, 6) is 0. The molecule has 0 aromatic heterocycles. The summed E-state index contributed by atoms with van der Waals surface area (Å²) in [4.78, 5) is 0. The van der Waals surface area contributed by atoms with E-state index in [1.807, 2.05) is 0 Å². The van der Waals surface area contributed by atoms with Gasteiger partial charge in [0.15, 0.2) is 0 Å². The van der Waals surface area contributed by atoms with Crippen LogP contribution in [0, 0.1) is 0 Å². The highest BCUT2D eigenvalue weighted by Crippen LogP contribution is 2.38. The molecular formula is C12H13F6NS. The number of nitrogens with one attached hydrogen (secondary N) is 1. The number of rotatable bonds is 3. The van der Waals surface area contributed by atoms with Gasteiger partial charge in [-0.15, -0.1) is 0 Å². The first-order valence-electron chi connectivity index (χ1n) is 5.61. The van der Waals surface area contributed by atoms with Gasteiger partial charge in [0.25, 0.3) is 0 Å². The average Bonchev–Trinajstić information content (AvgIpc) is 2.34. The van der Waals surface area contributed by atoms with E-state index in [9.17, 15) is 26.3 Å². The quantitative estimate of drug-likeness (QED) is 0.625. The number of thiol groups is 1. The van der Waals surface area contributed by atoms with E-state index in [1.54, 1.807) is 14.0 Å². The summed E-state index contributed by atoms with van der Waals surface area (Å²) in [6.07, 6.45) is -9.68. The van der Waals surface area contributed by atoms with Crippen molar-refractivity contribution >= 4 is 12.6 Å². The predicted octanol–water partition coefficient (Wildman–Crippen LogP) is 4.30. The summed E-state index contributed by atoms with van der Waals surface area (Å²) in [6, 6.07) is 1.11. The smallest absolute Gasteiger partial charge is 0.316 e. The van der Waals surface area contributed by atoms with Gasteiger partial charge >= 0.3 is 12.4 Å². The summed E-state index contributed by atoms with van der Waals surface area (Å²) >= 11 is 4.08. The lowest BCUT2D eigenvalue weighted by Crippen LogP contribution is -2.26. The first-order valence-corrected chi connectivity index (χ1v) is 6.13. The number of alkyl halides is 6. The Hall–Kier alpha value is -0.890. The third-order valence-electron chi connectivity index (χ3n) is 2.88. The molecule has 1 aromatic rings. The van der Waals surface area contributed by atoms with E-state index in [2.05, 4.69) is 17.9 Å². The normalized spacial score (nSPS) is 16.1. The molecule has 0 aliphatic carbocycles. The Balaban J connectivity index is 3.38. The Labute approximate surface area is 117 Å². The number of hydrogen-bond acceptors (Lipinski definition) is 2. The summed E-state index contributed by atoms with van der Waals surface area (Å²) < 4.78 is 76.0. The Kier molecular flexibility index (Phi) is 5.02. The molecule has 0 aliphatic heterocycles. The van der Waals surface area contributed by atoms with Crippen LogP contribution in [-0.2, 0) is 12.4 Å². The topological polar surface area (TPSA) is 12.0 Å². The molecule has 1 nitrogen and oxygen atoms in total. The molecule has 0 heterocycles. The largest absolute Gasteiger partial charge is 0.416 e. The molecule has 8 heteroatoms. The Bertz CT molecular complexity index is 436. The van der Waals surface area contributed by atoms with Gasteiger partial charge in [0.1, 0.15) is 0 Å². The van der Waals surface area contributed by atoms with Crippen LogP contribution in [0.3, 0.4) is 0 Å². The molecule has 20 heavy (non-hydrogen) atoms. The van der Waals surface area contributed by atoms with Gasteiger partial charge < -0.3 is 5.32 Å². The van der Waals surface area contributed by atoms with Gasteiger partial charge in [-0.25, -0.2) is 0 Å². The van der Waals surface area contributed by atoms with Gasteiger partial charge in [-0.3, -0.25) is 0 Å². The van der Waals surface area contributed by atoms with Crippen molar-refractivity contribution in [3.05, 3.63) is 34.9 Å². The molecule has 0 fully saturated rings. The zero-order valence-corrected chi connectivity index (χ0v) is 11.5. The number of likely N-dealkylation sites (N-methyl/N-ethyl adjacent to an activating group) is 1. The highest BCUT2D eigenvalue weighted by Gasteiger charge is 2.37. The van der Waals surface area contributed by atoms with Crippen molar-refractivity contribution in [3.8, 4) is 0 Å². The fourth-order valence-electron chi connectivity index (χ4n) is 1.60. The van der Waals surface area contributed by atoms with Crippen molar-refractivity contribution in [3.63, 3.8) is 0 Å². The molecular weight excluding hydrogens is 304 g/mol. The summed E-state index contributed by atoms with van der Waals surface area (Å²) in [7, 11) is 1.55. The second kappa shape index (κ2) is 5.85. The van der Waals surface area contributed by atoms with Crippen molar-refractivity contribution in [1.82, 2.24) is 5.32 Å². The fourth-order valence-corrected chi connectivity index (χ4v) is 1.89. The molecule has 1 N–H and O–H groups in total. The van der Waals surface area contributed by atoms with Crippen LogP contribution in [-0.4, -0.2) is 13.1 Å². The second-order valence-corrected chi connectivity index (χ2v) is 4.92. The van der Waals surface area contributed by atoms with Gasteiger partial charge in [0, 0.05) is 11.3 Å². The SMILES string of the molecule is CN[C@@H](C)[C@H](S)c1cc(C(F)(F)F)cc(C(F)(F)F)c1. The molecule has 1 aromatic carbocycles. The number of hydrogen-bond donors (Lipinski definition) is 2. The average molecular weight is 317 g/mol. The van der Waals surface area contributed by atoms with Crippen LogP contribution in [0.25, 0.3) is 0 Å². The monoisotopic (exact) mass is 317 g/mol. The van der Waals surface area contributed by atoms with Crippen LogP contribution in [0.15, 0.2) is 18.2 Å². The molecule has 0 saturated carbocycles. The lowest BCUT2D eigenvalue weighted by molar-refractivity contribution is -0.143. The molecule has 2 atom stereocenters. The van der Waals surface area contributed by atoms with Crippen molar-refractivity contribution in [2.45, 2.75) is 30.6 Å². The fraction of sp³-hybridized carbons (Fsp3) is 0.500. The molecule has 0 saturated heterocycles. The summed E-state index contributed by atoms with van der Waals surface area (Å²) in [5, 5.41) is 1.95. The van der Waals surface area contributed by atoms with Gasteiger partial charge in [-0.1, -0.05) is 0 Å². The van der Waals surface area contributed by atoms with Crippen molar-refractivity contribution in [2.75, 3.05) is 7.05 Å². The third-order valence-corrected chi connectivity index (χ3v) is 3.63. The summed E-state index contributed by atoms with van der Waals surface area (Å²) in [5.41, 5.74) is -2.79. The molecule has 0 amide bonds. The second-order valence-electron chi connectivity index (χ2n) is 4.36. The van der Waals surface area contributed by atoms with Crippen LogP contribution in [0.2, 0.25) is 0 Å². The Morgan fingerprint density at radius 3 is 1.65 bits per heavy atom. The molecule has 0 spiro atoms. The lowest BCUT2D eigenvalue weighted by atomic mass is 9.99. The minimum absolute atomic E-state index is 0.105. The molecule has 0 unspecified atom stereocenters. The standard InChI is InChI=1S/C12H13F6NS/c1-6(19-2)10(20)7-3-8(11(13,14)15)5-9(4-7)12(16,17)18/h3-6,10,19-20H,1-2H3/t6-,10-/m0/s1. The zero-order chi connectivity index (χ0) is 15.7. The van der Waals surface area contributed by atoms with E-state index in [0.29, 0.717) is 12.1 Å². The van der Waals surface area contributed by atoms with Gasteiger partial charge in [0.2, 0.25) is 0 Å². The van der Waals surface area contributed by atoms with Crippen LogP contribution in [0.4, 0.5) is 26.3 Å². The predicted molar refractivity (Wildman–Crippen MR) is 66.7 cm³/mol. The molecule has 114 valence electrons. The van der Waals surface area contributed by atoms with E-state index in [1.165, 1.54) is 0 Å². The van der Waals surface area contributed by atoms with Gasteiger partial charge in [-0.05, 0) is 37.7 Å². The minimum Gasteiger partial charge on any atom is -0.316 e. The van der Waals surface area contributed by atoms with E-state index in [0.717, 1.165) is 0 Å². The molecule has 0 bridgehead atoms. The number of benzene rings is 1. The van der Waals surface area contributed by atoms with Crippen LogP contribution in [0.1, 0.15) is 28.9 Å². The van der Waals surface area contributed by atoms with E-state index < -0.39 is 28.7 Å². The Morgan fingerprint density at radius 1 is 0.950 bits per heavy atom. The maximum atomic E-state index is 12.7. The Morgan fingerprint density at radius 2 is 1.35 bits per heavy atom.